The first kappa shape index (κ1) is 16.5. The number of carboxylic acid groups (broad SMARTS) is 1. The van der Waals surface area contributed by atoms with E-state index in [1.807, 2.05) is 51.2 Å². The molecule has 1 atom stereocenters. The minimum Gasteiger partial charge on any atom is -0.478 e. The van der Waals surface area contributed by atoms with Crippen LogP contribution in [0.4, 0.5) is 5.82 Å². The van der Waals surface area contributed by atoms with Gasteiger partial charge in [0.1, 0.15) is 5.82 Å². The van der Waals surface area contributed by atoms with Crippen LogP contribution >= 0.6 is 0 Å². The van der Waals surface area contributed by atoms with Gasteiger partial charge in [-0.05, 0) is 23.8 Å². The first-order chi connectivity index (χ1) is 11.4. The van der Waals surface area contributed by atoms with Crippen LogP contribution in [0.1, 0.15) is 48.3 Å². The highest BCUT2D eigenvalue weighted by atomic mass is 16.4. The highest BCUT2D eigenvalue weighted by molar-refractivity contribution is 5.99. The monoisotopic (exact) mass is 324 g/mol. The van der Waals surface area contributed by atoms with Gasteiger partial charge < -0.3 is 10.0 Å². The number of carbonyl (C=O) groups is 1. The summed E-state index contributed by atoms with van der Waals surface area (Å²) in [7, 11) is 2.04. The smallest absolute Gasteiger partial charge is 0.338 e. The Labute approximate surface area is 143 Å². The second-order valence-electron chi connectivity index (χ2n) is 7.06. The summed E-state index contributed by atoms with van der Waals surface area (Å²) in [5.74, 6) is 0.560. The zero-order valence-electron chi connectivity index (χ0n) is 14.7. The van der Waals surface area contributed by atoms with Gasteiger partial charge in [0.15, 0.2) is 0 Å². The Kier molecular flexibility index (Phi) is 4.31. The maximum absolute atomic E-state index is 12.1. The Morgan fingerprint density at radius 3 is 2.54 bits per heavy atom. The Morgan fingerprint density at radius 2 is 1.96 bits per heavy atom. The lowest BCUT2D eigenvalue weighted by atomic mass is 9.85. The Morgan fingerprint density at radius 1 is 1.29 bits per heavy atom. The molecule has 0 fully saturated rings. The van der Waals surface area contributed by atoms with E-state index in [2.05, 4.69) is 11.8 Å². The summed E-state index contributed by atoms with van der Waals surface area (Å²) in [6, 6.07) is 9.85. The van der Waals surface area contributed by atoms with E-state index in [4.69, 9.17) is 4.98 Å². The fraction of sp³-hybridized carbons (Fsp3) is 0.400. The first-order valence-electron chi connectivity index (χ1n) is 8.46. The van der Waals surface area contributed by atoms with Crippen molar-refractivity contribution in [1.82, 2.24) is 4.98 Å². The zero-order valence-corrected chi connectivity index (χ0v) is 14.7. The molecule has 0 radical (unpaired) electrons. The molecule has 0 saturated carbocycles. The van der Waals surface area contributed by atoms with Gasteiger partial charge in [-0.1, -0.05) is 51.1 Å². The number of carboxylic acids is 1. The molecule has 0 amide bonds. The lowest BCUT2D eigenvalue weighted by molar-refractivity contribution is 0.0695. The number of benzene rings is 1. The van der Waals surface area contributed by atoms with Crippen molar-refractivity contribution in [2.75, 3.05) is 18.5 Å². The predicted octanol–water partition coefficient (Wildman–Crippen LogP) is 4.20. The van der Waals surface area contributed by atoms with Crippen molar-refractivity contribution in [3.05, 3.63) is 47.2 Å². The molecule has 126 valence electrons. The molecule has 1 aliphatic heterocycles. The highest BCUT2D eigenvalue weighted by Gasteiger charge is 2.30. The molecule has 0 saturated heterocycles. The van der Waals surface area contributed by atoms with Gasteiger partial charge in [-0.2, -0.15) is 0 Å². The number of fused-ring (bicyclic) bond motifs is 1. The third-order valence-corrected chi connectivity index (χ3v) is 4.63. The number of anilines is 1. The maximum atomic E-state index is 12.1. The molecule has 2 heterocycles. The number of rotatable bonds is 3. The lowest BCUT2D eigenvalue weighted by Gasteiger charge is -2.34. The predicted molar refractivity (Wildman–Crippen MR) is 96.9 cm³/mol. The molecular weight excluding hydrogens is 300 g/mol. The number of pyridine rings is 1. The van der Waals surface area contributed by atoms with Crippen molar-refractivity contribution in [2.45, 2.75) is 33.1 Å². The molecule has 0 bridgehead atoms. The van der Waals surface area contributed by atoms with Crippen LogP contribution in [0.2, 0.25) is 0 Å². The van der Waals surface area contributed by atoms with Gasteiger partial charge in [0.2, 0.25) is 0 Å². The topological polar surface area (TPSA) is 53.4 Å². The summed E-state index contributed by atoms with van der Waals surface area (Å²) in [6.07, 6.45) is 0.857. The number of hydrogen-bond acceptors (Lipinski definition) is 3. The van der Waals surface area contributed by atoms with Gasteiger partial charge in [-0.3, -0.25) is 0 Å². The number of aromatic nitrogens is 1. The van der Waals surface area contributed by atoms with E-state index >= 15 is 0 Å². The number of hydrogen-bond donors (Lipinski definition) is 1. The van der Waals surface area contributed by atoms with Crippen LogP contribution in [0.15, 0.2) is 30.3 Å². The molecular formula is C20H24N2O2. The summed E-state index contributed by atoms with van der Waals surface area (Å²) in [5.41, 5.74) is 3.89. The molecule has 1 aromatic heterocycles. The van der Waals surface area contributed by atoms with Gasteiger partial charge in [-0.25, -0.2) is 9.78 Å². The van der Waals surface area contributed by atoms with E-state index in [0.29, 0.717) is 17.2 Å². The number of nitrogens with zero attached hydrogens (tertiary/aromatic N) is 2. The molecule has 1 aromatic carbocycles. The maximum Gasteiger partial charge on any atom is 0.338 e. The van der Waals surface area contributed by atoms with Crippen LogP contribution in [0.3, 0.4) is 0 Å². The van der Waals surface area contributed by atoms with Crippen LogP contribution in [-0.2, 0) is 6.42 Å². The van der Waals surface area contributed by atoms with Gasteiger partial charge in [0.25, 0.3) is 0 Å². The number of aromatic carboxylic acids is 1. The largest absolute Gasteiger partial charge is 0.478 e. The first-order valence-corrected chi connectivity index (χ1v) is 8.46. The molecule has 4 nitrogen and oxygen atoms in total. The van der Waals surface area contributed by atoms with Crippen LogP contribution in [0, 0.1) is 5.92 Å². The van der Waals surface area contributed by atoms with E-state index in [1.54, 1.807) is 0 Å². The van der Waals surface area contributed by atoms with Gasteiger partial charge in [0.05, 0.1) is 11.3 Å². The highest BCUT2D eigenvalue weighted by Crippen LogP contribution is 2.40. The van der Waals surface area contributed by atoms with Gasteiger partial charge in [-0.15, -0.1) is 0 Å². The summed E-state index contributed by atoms with van der Waals surface area (Å²) in [5, 5.41) is 9.94. The van der Waals surface area contributed by atoms with Crippen LogP contribution in [0.25, 0.3) is 11.1 Å². The molecule has 24 heavy (non-hydrogen) atoms. The van der Waals surface area contributed by atoms with Crippen molar-refractivity contribution in [2.24, 2.45) is 5.92 Å². The van der Waals surface area contributed by atoms with Crippen molar-refractivity contribution < 1.29 is 9.90 Å². The Hall–Kier alpha value is -2.36. The van der Waals surface area contributed by atoms with Crippen LogP contribution < -0.4 is 4.90 Å². The van der Waals surface area contributed by atoms with Crippen LogP contribution in [0.5, 0.6) is 0 Å². The van der Waals surface area contributed by atoms with Gasteiger partial charge >= 0.3 is 5.97 Å². The molecule has 1 unspecified atom stereocenters. The van der Waals surface area contributed by atoms with Crippen molar-refractivity contribution >= 4 is 11.8 Å². The quantitative estimate of drug-likeness (QED) is 0.919. The summed E-state index contributed by atoms with van der Waals surface area (Å²) < 4.78 is 0. The van der Waals surface area contributed by atoms with E-state index in [-0.39, 0.29) is 5.92 Å². The van der Waals surface area contributed by atoms with Gasteiger partial charge in [0, 0.05) is 24.7 Å². The van der Waals surface area contributed by atoms with Crippen molar-refractivity contribution in [3.8, 4) is 11.1 Å². The summed E-state index contributed by atoms with van der Waals surface area (Å²) >= 11 is 0. The standard InChI is InChI=1S/C20H24N2O2/c1-12(2)18-17(20(23)24)16(14-8-6-5-7-9-14)15-10-13(3)11-22(4)19(15)21-18/h5-9,12-13H,10-11H2,1-4H3,(H,23,24). The normalized spacial score (nSPS) is 17.0. The third-order valence-electron chi connectivity index (χ3n) is 4.63. The van der Waals surface area contributed by atoms with Crippen molar-refractivity contribution in [1.29, 1.82) is 0 Å². The fourth-order valence-corrected chi connectivity index (χ4v) is 3.66. The molecule has 1 aliphatic rings. The molecule has 4 heteroatoms. The van der Waals surface area contributed by atoms with E-state index in [0.717, 1.165) is 35.5 Å². The molecule has 3 rings (SSSR count). The van der Waals surface area contributed by atoms with E-state index in [1.165, 1.54) is 0 Å². The third kappa shape index (κ3) is 2.77. The summed E-state index contributed by atoms with van der Waals surface area (Å²) in [4.78, 5) is 19.1. The molecule has 0 aliphatic carbocycles. The molecule has 0 spiro atoms. The summed E-state index contributed by atoms with van der Waals surface area (Å²) in [6.45, 7) is 7.14. The van der Waals surface area contributed by atoms with E-state index in [9.17, 15) is 9.90 Å². The minimum absolute atomic E-state index is 0.0524. The molecule has 1 N–H and O–H groups in total. The Balaban J connectivity index is 2.40. The second-order valence-corrected chi connectivity index (χ2v) is 7.06. The SMILES string of the molecule is CC1Cc2c(nc(C(C)C)c(C(=O)O)c2-c2ccccc2)N(C)C1. The second kappa shape index (κ2) is 6.27. The van der Waals surface area contributed by atoms with Crippen molar-refractivity contribution in [3.63, 3.8) is 0 Å². The molecule has 2 aromatic rings. The average molecular weight is 324 g/mol. The zero-order chi connectivity index (χ0) is 17.4. The average Bonchev–Trinajstić information content (AvgIpc) is 2.53. The Bertz CT molecular complexity index is 769. The van der Waals surface area contributed by atoms with Crippen LogP contribution in [-0.4, -0.2) is 29.7 Å². The van der Waals surface area contributed by atoms with E-state index < -0.39 is 5.97 Å². The minimum atomic E-state index is -0.895. The fourth-order valence-electron chi connectivity index (χ4n) is 3.66. The lowest BCUT2D eigenvalue weighted by Crippen LogP contribution is -2.33.